The van der Waals surface area contributed by atoms with Crippen molar-refractivity contribution in [2.45, 2.75) is 26.4 Å². The minimum atomic E-state index is 0.769. The second-order valence-electron chi connectivity index (χ2n) is 7.25. The molecule has 5 heteroatoms. The smallest absolute Gasteiger partial charge is 0.191 e. The molecule has 0 radical (unpaired) electrons. The molecule has 0 bridgehead atoms. The second kappa shape index (κ2) is 10.8. The summed E-state index contributed by atoms with van der Waals surface area (Å²) >= 11 is 0. The molecule has 0 unspecified atom stereocenters. The Kier molecular flexibility index (Phi) is 7.88. The Hall–Kier alpha value is -2.37. The van der Waals surface area contributed by atoms with Crippen molar-refractivity contribution in [3.05, 3.63) is 70.8 Å². The molecule has 2 aromatic carbocycles. The van der Waals surface area contributed by atoms with Crippen LogP contribution in [-0.2, 0) is 24.2 Å². The number of aryl methyl sites for hydroxylation is 1. The van der Waals surface area contributed by atoms with Gasteiger partial charge in [0.05, 0.1) is 13.2 Å². The number of ether oxygens (including phenoxy) is 1. The summed E-state index contributed by atoms with van der Waals surface area (Å²) in [5, 5.41) is 6.87. The molecule has 5 nitrogen and oxygen atoms in total. The van der Waals surface area contributed by atoms with Gasteiger partial charge in [0.25, 0.3) is 0 Å². The number of morpholine rings is 1. The molecule has 0 spiro atoms. The Morgan fingerprint density at radius 3 is 2.43 bits per heavy atom. The zero-order chi connectivity index (χ0) is 19.6. The van der Waals surface area contributed by atoms with E-state index in [1.165, 1.54) is 22.3 Å². The maximum atomic E-state index is 5.46. The van der Waals surface area contributed by atoms with Crippen molar-refractivity contribution in [1.29, 1.82) is 0 Å². The summed E-state index contributed by atoms with van der Waals surface area (Å²) in [6, 6.07) is 17.3. The van der Waals surface area contributed by atoms with E-state index in [0.717, 1.165) is 58.3 Å². The molecule has 150 valence electrons. The molecular weight excluding hydrogens is 348 g/mol. The van der Waals surface area contributed by atoms with Crippen LogP contribution < -0.4 is 10.6 Å². The lowest BCUT2D eigenvalue weighted by Crippen LogP contribution is -2.38. The molecule has 0 aromatic heterocycles. The largest absolute Gasteiger partial charge is 0.379 e. The van der Waals surface area contributed by atoms with E-state index >= 15 is 0 Å². The number of nitrogens with one attached hydrogen (secondary N) is 2. The van der Waals surface area contributed by atoms with Crippen molar-refractivity contribution in [2.24, 2.45) is 4.99 Å². The molecule has 3 rings (SSSR count). The quantitative estimate of drug-likeness (QED) is 0.573. The number of hydrogen-bond acceptors (Lipinski definition) is 3. The molecular formula is C23H32N4O. The fourth-order valence-electron chi connectivity index (χ4n) is 3.36. The molecule has 2 N–H and O–H groups in total. The highest BCUT2D eigenvalue weighted by Crippen LogP contribution is 2.13. The van der Waals surface area contributed by atoms with Crippen molar-refractivity contribution in [3.8, 4) is 0 Å². The molecule has 1 saturated heterocycles. The van der Waals surface area contributed by atoms with Crippen LogP contribution >= 0.6 is 0 Å². The van der Waals surface area contributed by atoms with Gasteiger partial charge in [0.2, 0.25) is 0 Å². The Morgan fingerprint density at radius 2 is 1.71 bits per heavy atom. The average Bonchev–Trinajstić information content (AvgIpc) is 2.73. The highest BCUT2D eigenvalue weighted by molar-refractivity contribution is 5.79. The zero-order valence-corrected chi connectivity index (χ0v) is 17.1. The number of benzene rings is 2. The second-order valence-corrected chi connectivity index (χ2v) is 7.25. The van der Waals surface area contributed by atoms with Crippen LogP contribution in [0.15, 0.2) is 53.5 Å². The molecule has 0 atom stereocenters. The molecule has 0 amide bonds. The summed E-state index contributed by atoms with van der Waals surface area (Å²) in [5.41, 5.74) is 5.32. The first-order chi connectivity index (χ1) is 13.7. The molecule has 1 aliphatic rings. The van der Waals surface area contributed by atoms with Crippen molar-refractivity contribution in [2.75, 3.05) is 39.9 Å². The van der Waals surface area contributed by atoms with Gasteiger partial charge in [-0.05, 0) is 30.0 Å². The Morgan fingerprint density at radius 1 is 1.00 bits per heavy atom. The van der Waals surface area contributed by atoms with Gasteiger partial charge in [0.15, 0.2) is 5.96 Å². The maximum absolute atomic E-state index is 5.46. The van der Waals surface area contributed by atoms with Crippen LogP contribution in [0.25, 0.3) is 0 Å². The normalized spacial score (nSPS) is 15.4. The summed E-state index contributed by atoms with van der Waals surface area (Å²) in [6.45, 7) is 8.39. The lowest BCUT2D eigenvalue weighted by atomic mass is 10.1. The summed E-state index contributed by atoms with van der Waals surface area (Å²) in [7, 11) is 1.82. The van der Waals surface area contributed by atoms with Crippen molar-refractivity contribution in [3.63, 3.8) is 0 Å². The first-order valence-corrected chi connectivity index (χ1v) is 10.1. The summed E-state index contributed by atoms with van der Waals surface area (Å²) < 4.78 is 5.46. The van der Waals surface area contributed by atoms with E-state index in [-0.39, 0.29) is 0 Å². The Balaban J connectivity index is 1.48. The fraction of sp³-hybridized carbons (Fsp3) is 0.435. The van der Waals surface area contributed by atoms with E-state index in [1.807, 2.05) is 7.05 Å². The number of aliphatic imine (C=N–C) groups is 1. The van der Waals surface area contributed by atoms with Gasteiger partial charge in [-0.1, -0.05) is 54.1 Å². The van der Waals surface area contributed by atoms with Crippen LogP contribution in [-0.4, -0.2) is 50.8 Å². The number of nitrogens with zero attached hydrogens (tertiary/aromatic N) is 2. The third-order valence-corrected chi connectivity index (χ3v) is 5.11. The van der Waals surface area contributed by atoms with Crippen molar-refractivity contribution in [1.82, 2.24) is 15.5 Å². The first kappa shape index (κ1) is 20.4. The third-order valence-electron chi connectivity index (χ3n) is 5.11. The average molecular weight is 381 g/mol. The minimum Gasteiger partial charge on any atom is -0.379 e. The van der Waals surface area contributed by atoms with Crippen LogP contribution in [0.3, 0.4) is 0 Å². The van der Waals surface area contributed by atoms with Crippen LogP contribution in [0, 0.1) is 6.92 Å². The lowest BCUT2D eigenvalue weighted by molar-refractivity contribution is 0.0341. The third kappa shape index (κ3) is 6.36. The lowest BCUT2D eigenvalue weighted by Gasteiger charge is -2.27. The molecule has 1 fully saturated rings. The van der Waals surface area contributed by atoms with Gasteiger partial charge in [0.1, 0.15) is 0 Å². The molecule has 28 heavy (non-hydrogen) atoms. The topological polar surface area (TPSA) is 48.9 Å². The molecule has 2 aromatic rings. The van der Waals surface area contributed by atoms with Crippen molar-refractivity contribution < 1.29 is 4.74 Å². The van der Waals surface area contributed by atoms with Crippen LogP contribution in [0.5, 0.6) is 0 Å². The summed E-state index contributed by atoms with van der Waals surface area (Å²) in [4.78, 5) is 6.82. The number of guanidine groups is 1. The fourth-order valence-corrected chi connectivity index (χ4v) is 3.36. The standard InChI is InChI=1S/C23H32N4O/c1-19-7-9-20(10-8-19)11-12-25-23(24-2)26-17-21-5-3-4-6-22(21)18-27-13-15-28-16-14-27/h3-10H,11-18H2,1-2H3,(H2,24,25,26). The molecule has 1 heterocycles. The monoisotopic (exact) mass is 380 g/mol. The molecule has 0 saturated carbocycles. The van der Waals surface area contributed by atoms with Gasteiger partial charge in [-0.25, -0.2) is 0 Å². The predicted molar refractivity (Wildman–Crippen MR) is 116 cm³/mol. The summed E-state index contributed by atoms with van der Waals surface area (Å²) in [5.74, 6) is 0.841. The van der Waals surface area contributed by atoms with E-state index in [0.29, 0.717) is 0 Å². The van der Waals surface area contributed by atoms with Crippen molar-refractivity contribution >= 4 is 5.96 Å². The van der Waals surface area contributed by atoms with Gasteiger partial charge >= 0.3 is 0 Å². The highest BCUT2D eigenvalue weighted by atomic mass is 16.5. The summed E-state index contributed by atoms with van der Waals surface area (Å²) in [6.07, 6.45) is 0.981. The Labute approximate surface area is 168 Å². The van der Waals surface area contributed by atoms with Gasteiger partial charge in [-0.3, -0.25) is 9.89 Å². The first-order valence-electron chi connectivity index (χ1n) is 10.1. The SMILES string of the molecule is CN=C(NCCc1ccc(C)cc1)NCc1ccccc1CN1CCOCC1. The highest BCUT2D eigenvalue weighted by Gasteiger charge is 2.12. The van der Waals surface area contributed by atoms with E-state index in [9.17, 15) is 0 Å². The minimum absolute atomic E-state index is 0.769. The van der Waals surface area contributed by atoms with Gasteiger partial charge in [-0.15, -0.1) is 0 Å². The van der Waals surface area contributed by atoms with E-state index in [2.05, 4.69) is 76.0 Å². The van der Waals surface area contributed by atoms with Gasteiger partial charge < -0.3 is 15.4 Å². The predicted octanol–water partition coefficient (Wildman–Crippen LogP) is 2.73. The molecule has 1 aliphatic heterocycles. The van der Waals surface area contributed by atoms with Gasteiger partial charge in [-0.2, -0.15) is 0 Å². The van der Waals surface area contributed by atoms with Crippen LogP contribution in [0.4, 0.5) is 0 Å². The van der Waals surface area contributed by atoms with Crippen LogP contribution in [0.1, 0.15) is 22.3 Å². The Bertz CT molecular complexity index is 751. The maximum Gasteiger partial charge on any atom is 0.191 e. The molecule has 0 aliphatic carbocycles. The number of rotatable bonds is 7. The zero-order valence-electron chi connectivity index (χ0n) is 17.1. The van der Waals surface area contributed by atoms with E-state index in [4.69, 9.17) is 4.74 Å². The van der Waals surface area contributed by atoms with Crippen LogP contribution in [0.2, 0.25) is 0 Å². The van der Waals surface area contributed by atoms with E-state index < -0.39 is 0 Å². The van der Waals surface area contributed by atoms with Gasteiger partial charge in [0, 0.05) is 39.8 Å². The number of hydrogen-bond donors (Lipinski definition) is 2. The van der Waals surface area contributed by atoms with E-state index in [1.54, 1.807) is 0 Å².